The minimum absolute atomic E-state index is 0.00567. The summed E-state index contributed by atoms with van der Waals surface area (Å²) in [5, 5.41) is 9.54. The number of carbonyl (C=O) groups is 1. The van der Waals surface area contributed by atoms with Crippen LogP contribution >= 0.6 is 34.8 Å². The van der Waals surface area contributed by atoms with Gasteiger partial charge in [-0.1, -0.05) is 40.7 Å². The van der Waals surface area contributed by atoms with Gasteiger partial charge in [-0.3, -0.25) is 9.59 Å². The first-order chi connectivity index (χ1) is 11.4. The highest BCUT2D eigenvalue weighted by molar-refractivity contribution is 6.41. The van der Waals surface area contributed by atoms with Gasteiger partial charge in [-0.2, -0.15) is 9.78 Å². The monoisotopic (exact) mass is 384 g/mol. The molecular weight excluding hydrogens is 375 g/mol. The van der Waals surface area contributed by atoms with Crippen molar-refractivity contribution < 1.29 is 4.79 Å². The molecule has 1 aromatic heterocycles. The highest BCUT2D eigenvalue weighted by Crippen LogP contribution is 2.24. The van der Waals surface area contributed by atoms with E-state index in [0.717, 1.165) is 4.68 Å². The molecular formula is C15H11Cl3N4O2. The predicted octanol–water partition coefficient (Wildman–Crippen LogP) is 2.35. The van der Waals surface area contributed by atoms with E-state index in [-0.39, 0.29) is 29.0 Å². The maximum atomic E-state index is 12.1. The number of halogens is 3. The van der Waals surface area contributed by atoms with Crippen LogP contribution in [0.1, 0.15) is 0 Å². The molecule has 6 nitrogen and oxygen atoms in total. The van der Waals surface area contributed by atoms with E-state index in [0.29, 0.717) is 16.4 Å². The minimum atomic E-state index is -0.561. The molecule has 9 heteroatoms. The summed E-state index contributed by atoms with van der Waals surface area (Å²) in [7, 11) is 0. The standard InChI is InChI=1S/C15H11Cl3N4O2/c1-2-5-19-13(23)8-20-12-4-3-9(6-10(12)16)22-15(24)14(18)11(17)7-21-22/h1,3-4,6-7,20H,5,8H2,(H,19,23). The lowest BCUT2D eigenvalue weighted by Crippen LogP contribution is -2.30. The fraction of sp³-hybridized carbons (Fsp3) is 0.133. The van der Waals surface area contributed by atoms with Gasteiger partial charge in [0.25, 0.3) is 5.56 Å². The molecule has 0 aliphatic carbocycles. The van der Waals surface area contributed by atoms with E-state index < -0.39 is 5.56 Å². The van der Waals surface area contributed by atoms with Crippen LogP contribution in [-0.4, -0.2) is 28.8 Å². The maximum absolute atomic E-state index is 12.1. The Kier molecular flexibility index (Phi) is 6.10. The van der Waals surface area contributed by atoms with E-state index in [1.165, 1.54) is 12.3 Å². The number of hydrogen-bond donors (Lipinski definition) is 2. The predicted molar refractivity (Wildman–Crippen MR) is 95.2 cm³/mol. The van der Waals surface area contributed by atoms with Crippen molar-refractivity contribution in [1.29, 1.82) is 0 Å². The first kappa shape index (κ1) is 18.1. The molecule has 0 fully saturated rings. The number of terminal acetylenes is 1. The molecule has 0 aliphatic heterocycles. The van der Waals surface area contributed by atoms with Crippen molar-refractivity contribution in [3.05, 3.63) is 49.8 Å². The summed E-state index contributed by atoms with van der Waals surface area (Å²) >= 11 is 17.7. The van der Waals surface area contributed by atoms with Gasteiger partial charge in [-0.15, -0.1) is 6.42 Å². The van der Waals surface area contributed by atoms with E-state index in [1.54, 1.807) is 12.1 Å². The maximum Gasteiger partial charge on any atom is 0.291 e. The van der Waals surface area contributed by atoms with Crippen LogP contribution in [0.4, 0.5) is 5.69 Å². The quantitative estimate of drug-likeness (QED) is 0.775. The summed E-state index contributed by atoms with van der Waals surface area (Å²) in [6.45, 7) is 0.158. The Morgan fingerprint density at radius 3 is 2.71 bits per heavy atom. The van der Waals surface area contributed by atoms with Gasteiger partial charge < -0.3 is 10.6 Å². The number of aromatic nitrogens is 2. The lowest BCUT2D eigenvalue weighted by molar-refractivity contribution is -0.119. The molecule has 0 spiro atoms. The molecule has 2 rings (SSSR count). The summed E-state index contributed by atoms with van der Waals surface area (Å²) in [5.74, 6) is 2.03. The second kappa shape index (κ2) is 8.06. The number of carbonyl (C=O) groups excluding carboxylic acids is 1. The lowest BCUT2D eigenvalue weighted by Gasteiger charge is -2.11. The smallest absolute Gasteiger partial charge is 0.291 e. The topological polar surface area (TPSA) is 76.0 Å². The number of rotatable bonds is 5. The van der Waals surface area contributed by atoms with Crippen LogP contribution < -0.4 is 16.2 Å². The van der Waals surface area contributed by atoms with Gasteiger partial charge in [-0.05, 0) is 18.2 Å². The highest BCUT2D eigenvalue weighted by Gasteiger charge is 2.11. The Labute approximate surface area is 152 Å². The number of nitrogens with zero attached hydrogens (tertiary/aromatic N) is 2. The molecule has 0 bridgehead atoms. The van der Waals surface area contributed by atoms with Crippen molar-refractivity contribution in [1.82, 2.24) is 15.1 Å². The molecule has 0 saturated carbocycles. The zero-order chi connectivity index (χ0) is 17.7. The van der Waals surface area contributed by atoms with Crippen LogP contribution in [0.5, 0.6) is 0 Å². The molecule has 124 valence electrons. The van der Waals surface area contributed by atoms with Crippen LogP contribution in [0.2, 0.25) is 15.1 Å². The van der Waals surface area contributed by atoms with E-state index in [9.17, 15) is 9.59 Å². The van der Waals surface area contributed by atoms with Gasteiger partial charge in [0.2, 0.25) is 5.91 Å². The summed E-state index contributed by atoms with van der Waals surface area (Å²) in [5.41, 5.74) is 0.366. The number of benzene rings is 1. The Morgan fingerprint density at radius 1 is 1.29 bits per heavy atom. The van der Waals surface area contributed by atoms with Gasteiger partial charge in [0, 0.05) is 0 Å². The van der Waals surface area contributed by atoms with Crippen molar-refractivity contribution in [3.63, 3.8) is 0 Å². The summed E-state index contributed by atoms with van der Waals surface area (Å²) < 4.78 is 1.07. The minimum Gasteiger partial charge on any atom is -0.375 e. The van der Waals surface area contributed by atoms with Gasteiger partial charge in [0.15, 0.2) is 0 Å². The molecule has 0 aliphatic rings. The van der Waals surface area contributed by atoms with Crippen molar-refractivity contribution in [2.45, 2.75) is 0 Å². The average molecular weight is 386 g/mol. The number of anilines is 1. The largest absolute Gasteiger partial charge is 0.375 e. The third kappa shape index (κ3) is 4.20. The zero-order valence-electron chi connectivity index (χ0n) is 12.1. The number of nitrogens with one attached hydrogen (secondary N) is 2. The number of hydrogen-bond acceptors (Lipinski definition) is 4. The Bertz CT molecular complexity index is 874. The average Bonchev–Trinajstić information content (AvgIpc) is 2.57. The van der Waals surface area contributed by atoms with Crippen LogP contribution in [0.15, 0.2) is 29.2 Å². The third-order valence-corrected chi connectivity index (χ3v) is 3.96. The van der Waals surface area contributed by atoms with Crippen LogP contribution in [0.25, 0.3) is 5.69 Å². The second-order valence-corrected chi connectivity index (χ2v) is 5.71. The Hall–Kier alpha value is -2.20. The van der Waals surface area contributed by atoms with Crippen molar-refractivity contribution in [2.24, 2.45) is 0 Å². The number of amides is 1. The molecule has 24 heavy (non-hydrogen) atoms. The molecule has 2 N–H and O–H groups in total. The fourth-order valence-electron chi connectivity index (χ4n) is 1.76. The van der Waals surface area contributed by atoms with E-state index >= 15 is 0 Å². The lowest BCUT2D eigenvalue weighted by atomic mass is 10.2. The molecule has 1 amide bonds. The summed E-state index contributed by atoms with van der Waals surface area (Å²) in [6.07, 6.45) is 6.32. The van der Waals surface area contributed by atoms with E-state index in [1.807, 2.05) is 0 Å². The van der Waals surface area contributed by atoms with Crippen LogP contribution in [-0.2, 0) is 4.79 Å². The Balaban J connectivity index is 2.19. The van der Waals surface area contributed by atoms with Crippen molar-refractivity contribution >= 4 is 46.4 Å². The first-order valence-corrected chi connectivity index (χ1v) is 7.74. The van der Waals surface area contributed by atoms with Crippen LogP contribution in [0.3, 0.4) is 0 Å². The molecule has 1 aromatic carbocycles. The Morgan fingerprint density at radius 2 is 2.04 bits per heavy atom. The van der Waals surface area contributed by atoms with Crippen molar-refractivity contribution in [2.75, 3.05) is 18.4 Å². The SMILES string of the molecule is C#CCNC(=O)CNc1ccc(-n2ncc(Cl)c(Cl)c2=O)cc1Cl. The van der Waals surface area contributed by atoms with Gasteiger partial charge in [0.1, 0.15) is 5.02 Å². The molecule has 1 heterocycles. The zero-order valence-corrected chi connectivity index (χ0v) is 14.4. The fourth-order valence-corrected chi connectivity index (χ4v) is 2.26. The van der Waals surface area contributed by atoms with E-state index in [2.05, 4.69) is 21.7 Å². The first-order valence-electron chi connectivity index (χ1n) is 6.61. The normalized spacial score (nSPS) is 10.1. The summed E-state index contributed by atoms with van der Waals surface area (Å²) in [4.78, 5) is 23.6. The second-order valence-electron chi connectivity index (χ2n) is 4.52. The van der Waals surface area contributed by atoms with Crippen molar-refractivity contribution in [3.8, 4) is 18.0 Å². The molecule has 0 radical (unpaired) electrons. The third-order valence-electron chi connectivity index (χ3n) is 2.90. The van der Waals surface area contributed by atoms with E-state index in [4.69, 9.17) is 41.2 Å². The molecule has 2 aromatic rings. The molecule has 0 unspecified atom stereocenters. The summed E-state index contributed by atoms with van der Waals surface area (Å²) in [6, 6.07) is 4.73. The van der Waals surface area contributed by atoms with Gasteiger partial charge in [-0.25, -0.2) is 0 Å². The van der Waals surface area contributed by atoms with Gasteiger partial charge >= 0.3 is 0 Å². The van der Waals surface area contributed by atoms with Crippen LogP contribution in [0, 0.1) is 12.3 Å². The molecule has 0 saturated heterocycles. The van der Waals surface area contributed by atoms with Gasteiger partial charge in [0.05, 0.1) is 40.7 Å². The highest BCUT2D eigenvalue weighted by atomic mass is 35.5. The molecule has 0 atom stereocenters.